The third-order valence-corrected chi connectivity index (χ3v) is 4.49. The lowest BCUT2D eigenvalue weighted by molar-refractivity contribution is -0.124. The summed E-state index contributed by atoms with van der Waals surface area (Å²) in [5.74, 6) is -0.188. The van der Waals surface area contributed by atoms with Crippen molar-refractivity contribution in [3.63, 3.8) is 0 Å². The van der Waals surface area contributed by atoms with Gasteiger partial charge in [0.05, 0.1) is 18.2 Å². The first-order valence-electron chi connectivity index (χ1n) is 9.21. The van der Waals surface area contributed by atoms with Gasteiger partial charge in [0.1, 0.15) is 11.3 Å². The summed E-state index contributed by atoms with van der Waals surface area (Å²) in [7, 11) is 0. The van der Waals surface area contributed by atoms with Gasteiger partial charge in [-0.15, -0.1) is 0 Å². The van der Waals surface area contributed by atoms with Crippen molar-refractivity contribution in [3.05, 3.63) is 29.8 Å². The first kappa shape index (κ1) is 19.8. The molecule has 6 heteroatoms. The third kappa shape index (κ3) is 5.76. The Hall–Kier alpha value is -2.55. The van der Waals surface area contributed by atoms with Crippen molar-refractivity contribution in [1.82, 2.24) is 5.32 Å². The highest BCUT2D eigenvalue weighted by Gasteiger charge is 2.33. The molecule has 0 bridgehead atoms. The lowest BCUT2D eigenvalue weighted by Gasteiger charge is -2.31. The van der Waals surface area contributed by atoms with Crippen LogP contribution in [0.3, 0.4) is 0 Å². The molecule has 1 amide bonds. The second kappa shape index (κ2) is 9.81. The summed E-state index contributed by atoms with van der Waals surface area (Å²) in [5, 5.41) is 12.2. The van der Waals surface area contributed by atoms with Crippen LogP contribution in [0.15, 0.2) is 24.3 Å². The zero-order valence-electron chi connectivity index (χ0n) is 15.3. The first-order chi connectivity index (χ1) is 12.6. The first-order valence-corrected chi connectivity index (χ1v) is 9.21. The predicted octanol–water partition coefficient (Wildman–Crippen LogP) is 3.36. The number of carbonyl (C=O) groups excluding carboxylic acids is 2. The van der Waals surface area contributed by atoms with Crippen LogP contribution in [0.25, 0.3) is 0 Å². The Morgan fingerprint density at radius 2 is 1.88 bits per heavy atom. The van der Waals surface area contributed by atoms with Crippen molar-refractivity contribution < 1.29 is 19.1 Å². The fourth-order valence-corrected chi connectivity index (χ4v) is 2.95. The van der Waals surface area contributed by atoms with Crippen molar-refractivity contribution in [2.75, 3.05) is 13.2 Å². The molecule has 1 fully saturated rings. The molecule has 0 aromatic heterocycles. The molecule has 0 atom stereocenters. The van der Waals surface area contributed by atoms with E-state index in [1.54, 1.807) is 24.3 Å². The monoisotopic (exact) mass is 358 g/mol. The van der Waals surface area contributed by atoms with Gasteiger partial charge in [0.15, 0.2) is 6.61 Å². The van der Waals surface area contributed by atoms with Crippen molar-refractivity contribution in [3.8, 4) is 11.8 Å². The average Bonchev–Trinajstić information content (AvgIpc) is 2.67. The molecule has 0 heterocycles. The number of nitrogens with one attached hydrogen (secondary N) is 1. The zero-order chi connectivity index (χ0) is 18.8. The van der Waals surface area contributed by atoms with E-state index in [1.165, 1.54) is 0 Å². The lowest BCUT2D eigenvalue weighted by atomic mass is 9.83. The molecule has 1 saturated carbocycles. The van der Waals surface area contributed by atoms with Crippen LogP contribution in [0.5, 0.6) is 5.75 Å². The summed E-state index contributed by atoms with van der Waals surface area (Å²) in [4.78, 5) is 23.9. The molecule has 1 aromatic carbocycles. The summed E-state index contributed by atoms with van der Waals surface area (Å²) in [6, 6.07) is 8.73. The average molecular weight is 358 g/mol. The van der Waals surface area contributed by atoms with Crippen molar-refractivity contribution in [1.29, 1.82) is 5.26 Å². The Morgan fingerprint density at radius 1 is 1.19 bits per heavy atom. The normalized spacial score (nSPS) is 15.5. The maximum absolute atomic E-state index is 12.1. The van der Waals surface area contributed by atoms with Gasteiger partial charge in [0.25, 0.3) is 5.91 Å². The van der Waals surface area contributed by atoms with Crippen molar-refractivity contribution >= 4 is 11.9 Å². The number of nitriles is 1. The van der Waals surface area contributed by atoms with E-state index in [2.05, 4.69) is 11.4 Å². The molecular weight excluding hydrogens is 332 g/mol. The van der Waals surface area contributed by atoms with Gasteiger partial charge in [-0.1, -0.05) is 32.6 Å². The number of amides is 1. The van der Waals surface area contributed by atoms with Crippen LogP contribution in [0, 0.1) is 11.3 Å². The van der Waals surface area contributed by atoms with Crippen LogP contribution in [-0.2, 0) is 9.53 Å². The van der Waals surface area contributed by atoms with E-state index in [0.29, 0.717) is 30.8 Å². The highest BCUT2D eigenvalue weighted by Crippen LogP contribution is 2.27. The maximum atomic E-state index is 12.1. The van der Waals surface area contributed by atoms with E-state index in [0.717, 1.165) is 32.1 Å². The molecule has 0 saturated heterocycles. The van der Waals surface area contributed by atoms with Crippen molar-refractivity contribution in [2.24, 2.45) is 0 Å². The van der Waals surface area contributed by atoms with E-state index >= 15 is 0 Å². The molecule has 1 aromatic rings. The molecule has 2 rings (SSSR count). The standard InChI is InChI=1S/C20H26N2O4/c1-2-3-13-25-19(24)16-7-9-17(10-8-16)26-14-18(23)22-20(15-21)11-5-4-6-12-20/h7-10H,2-6,11-14H2,1H3,(H,22,23). The van der Waals surface area contributed by atoms with Crippen LogP contribution in [0.1, 0.15) is 62.2 Å². The molecule has 6 nitrogen and oxygen atoms in total. The number of nitrogens with zero attached hydrogens (tertiary/aromatic N) is 1. The quantitative estimate of drug-likeness (QED) is 0.568. The number of rotatable bonds is 8. The van der Waals surface area contributed by atoms with Crippen LogP contribution >= 0.6 is 0 Å². The minimum Gasteiger partial charge on any atom is -0.484 e. The van der Waals surface area contributed by atoms with Crippen LogP contribution in [0.4, 0.5) is 0 Å². The summed E-state index contributed by atoms with van der Waals surface area (Å²) >= 11 is 0. The fraction of sp³-hybridized carbons (Fsp3) is 0.550. The summed E-state index contributed by atoms with van der Waals surface area (Å²) < 4.78 is 10.6. The minimum atomic E-state index is -0.759. The summed E-state index contributed by atoms with van der Waals surface area (Å²) in [6.45, 7) is 2.28. The van der Waals surface area contributed by atoms with E-state index in [9.17, 15) is 14.9 Å². The molecule has 0 unspecified atom stereocenters. The topological polar surface area (TPSA) is 88.4 Å². The van der Waals surface area contributed by atoms with Crippen LogP contribution in [0.2, 0.25) is 0 Å². The summed E-state index contributed by atoms with van der Waals surface area (Å²) in [6.07, 6.45) is 6.17. The number of carbonyl (C=O) groups is 2. The Balaban J connectivity index is 1.81. The minimum absolute atomic E-state index is 0.163. The highest BCUT2D eigenvalue weighted by molar-refractivity contribution is 5.89. The summed E-state index contributed by atoms with van der Waals surface area (Å²) in [5.41, 5.74) is -0.311. The van der Waals surface area contributed by atoms with Gasteiger partial charge >= 0.3 is 5.97 Å². The van der Waals surface area contributed by atoms with Gasteiger partial charge in [-0.3, -0.25) is 4.79 Å². The molecule has 1 aliphatic carbocycles. The maximum Gasteiger partial charge on any atom is 0.338 e. The molecule has 0 spiro atoms. The predicted molar refractivity (Wildman–Crippen MR) is 96.7 cm³/mol. The van der Waals surface area contributed by atoms with Gasteiger partial charge in [0, 0.05) is 0 Å². The molecule has 0 radical (unpaired) electrons. The van der Waals surface area contributed by atoms with Crippen molar-refractivity contribution in [2.45, 2.75) is 57.4 Å². The number of hydrogen-bond acceptors (Lipinski definition) is 5. The Labute approximate surface area is 154 Å². The molecule has 140 valence electrons. The second-order valence-corrected chi connectivity index (χ2v) is 6.61. The van der Waals surface area contributed by atoms with Crippen LogP contribution < -0.4 is 10.1 Å². The number of benzene rings is 1. The Kier molecular flexibility index (Phi) is 7.46. The Morgan fingerprint density at radius 3 is 2.50 bits per heavy atom. The third-order valence-electron chi connectivity index (χ3n) is 4.49. The van der Waals surface area contributed by atoms with E-state index in [4.69, 9.17) is 9.47 Å². The van der Waals surface area contributed by atoms with E-state index < -0.39 is 5.54 Å². The zero-order valence-corrected chi connectivity index (χ0v) is 15.3. The van der Waals surface area contributed by atoms with Gasteiger partial charge in [0.2, 0.25) is 0 Å². The molecule has 1 N–H and O–H groups in total. The molecule has 26 heavy (non-hydrogen) atoms. The largest absolute Gasteiger partial charge is 0.484 e. The van der Waals surface area contributed by atoms with Gasteiger partial charge < -0.3 is 14.8 Å². The second-order valence-electron chi connectivity index (χ2n) is 6.61. The van der Waals surface area contributed by atoms with Crippen LogP contribution in [-0.4, -0.2) is 30.6 Å². The van der Waals surface area contributed by atoms with E-state index in [-0.39, 0.29) is 18.5 Å². The molecule has 1 aliphatic rings. The van der Waals surface area contributed by atoms with Gasteiger partial charge in [-0.25, -0.2) is 4.79 Å². The van der Waals surface area contributed by atoms with E-state index in [1.807, 2.05) is 6.92 Å². The Bertz CT molecular complexity index is 643. The number of ether oxygens (including phenoxy) is 2. The van der Waals surface area contributed by atoms with Gasteiger partial charge in [-0.2, -0.15) is 5.26 Å². The lowest BCUT2D eigenvalue weighted by Crippen LogP contribution is -2.50. The number of hydrogen-bond donors (Lipinski definition) is 1. The number of unbranched alkanes of at least 4 members (excludes halogenated alkanes) is 1. The SMILES string of the molecule is CCCCOC(=O)c1ccc(OCC(=O)NC2(C#N)CCCCC2)cc1. The number of esters is 1. The smallest absolute Gasteiger partial charge is 0.338 e. The molecular formula is C20H26N2O4. The highest BCUT2D eigenvalue weighted by atomic mass is 16.5. The fourth-order valence-electron chi connectivity index (χ4n) is 2.95. The van der Waals surface area contributed by atoms with Gasteiger partial charge in [-0.05, 0) is 43.5 Å². The molecule has 0 aliphatic heterocycles.